The van der Waals surface area contributed by atoms with Gasteiger partial charge in [-0.15, -0.1) is 0 Å². The molecule has 3 N–H and O–H groups in total. The van der Waals surface area contributed by atoms with E-state index >= 15 is 0 Å². The number of aliphatic carboxylic acids is 1. The Hall–Kier alpha value is -0.600. The van der Waals surface area contributed by atoms with Gasteiger partial charge in [0.2, 0.25) is 0 Å². The van der Waals surface area contributed by atoms with Crippen LogP contribution >= 0.6 is 11.8 Å². The summed E-state index contributed by atoms with van der Waals surface area (Å²) in [5.74, 6) is 2.86. The molecule has 2 aliphatic heterocycles. The lowest BCUT2D eigenvalue weighted by atomic mass is 9.34. The monoisotopic (exact) mass is 631 g/mol. The number of hydrogen-bond acceptors (Lipinski definition) is 6. The van der Waals surface area contributed by atoms with Crippen molar-refractivity contribution in [2.24, 2.45) is 62.4 Å². The fourth-order valence-corrected chi connectivity index (χ4v) is 13.6. The number of ether oxygens (including phenoxy) is 3. The van der Waals surface area contributed by atoms with Gasteiger partial charge >= 0.3 is 5.97 Å². The first-order valence-corrected chi connectivity index (χ1v) is 18.8. The SMILES string of the molecule is CO[C@@H]1C[C@@]23COC[C@@](C)([C@@H]2CC[C@H]2C3=CC[C@@]3(C)[C@H](C(=O)O)[C@@](C)([C@H](C)C(C)C)CC[C@]23C)[C@H]1OCC1(N)CCSCC1. The topological polar surface area (TPSA) is 91.0 Å². The molecule has 7 heteroatoms. The Labute approximate surface area is 271 Å². The molecule has 2 bridgehead atoms. The van der Waals surface area contributed by atoms with Crippen molar-refractivity contribution in [3.8, 4) is 0 Å². The first-order chi connectivity index (χ1) is 20.6. The molecule has 0 aromatic heterocycles. The van der Waals surface area contributed by atoms with Gasteiger partial charge < -0.3 is 25.1 Å². The van der Waals surface area contributed by atoms with Crippen molar-refractivity contribution in [3.05, 3.63) is 11.6 Å². The highest BCUT2D eigenvalue weighted by Gasteiger charge is 2.71. The van der Waals surface area contributed by atoms with E-state index in [2.05, 4.69) is 54.5 Å². The zero-order valence-corrected chi connectivity index (χ0v) is 29.7. The van der Waals surface area contributed by atoms with Gasteiger partial charge in [0.15, 0.2) is 0 Å². The van der Waals surface area contributed by atoms with Gasteiger partial charge in [-0.25, -0.2) is 0 Å². The summed E-state index contributed by atoms with van der Waals surface area (Å²) in [6, 6.07) is 0. The lowest BCUT2D eigenvalue weighted by Gasteiger charge is -2.71. The van der Waals surface area contributed by atoms with E-state index < -0.39 is 5.97 Å². The first kappa shape index (κ1) is 33.3. The van der Waals surface area contributed by atoms with Crippen molar-refractivity contribution in [2.45, 2.75) is 118 Å². The number of fused-ring (bicyclic) bond motifs is 3. The molecule has 6 rings (SSSR count). The van der Waals surface area contributed by atoms with Crippen LogP contribution in [0.1, 0.15) is 99.8 Å². The van der Waals surface area contributed by atoms with Crippen LogP contribution in [0.4, 0.5) is 0 Å². The standard InChI is InChI=1S/C37H61NO5S/c1-23(2)24(3)32(4)13-14-34(6)25-9-10-28-33(5)20-42-22-37(28,26(25)11-12-35(34,7)29(32)31(39)40)19-27(41-8)30(33)43-21-36(38)15-17-44-18-16-36/h11,23-25,27-30H,9-10,12-22,38H2,1-8H3,(H,39,40)/t24-,25+,27-,28+,29-,30+,32-,33+,34-,35+,37+/m1/s1. The zero-order valence-electron chi connectivity index (χ0n) is 28.9. The summed E-state index contributed by atoms with van der Waals surface area (Å²) in [5.41, 5.74) is 7.31. The molecule has 11 atom stereocenters. The molecule has 0 amide bonds. The van der Waals surface area contributed by atoms with E-state index in [-0.39, 0.29) is 50.7 Å². The molecular weight excluding hydrogens is 570 g/mol. The molecule has 0 radical (unpaired) electrons. The van der Waals surface area contributed by atoms with E-state index in [0.717, 1.165) is 69.5 Å². The van der Waals surface area contributed by atoms with Gasteiger partial charge in [-0.2, -0.15) is 11.8 Å². The number of hydrogen-bond donors (Lipinski definition) is 2. The van der Waals surface area contributed by atoms with E-state index in [0.29, 0.717) is 36.9 Å². The van der Waals surface area contributed by atoms with Crippen LogP contribution < -0.4 is 5.73 Å². The second kappa shape index (κ2) is 11.2. The summed E-state index contributed by atoms with van der Waals surface area (Å²) in [6.07, 6.45) is 10.5. The van der Waals surface area contributed by atoms with Crippen molar-refractivity contribution >= 4 is 17.7 Å². The number of methoxy groups -OCH3 is 1. The molecular formula is C37H61NO5S. The van der Waals surface area contributed by atoms with Gasteiger partial charge in [0.25, 0.3) is 0 Å². The minimum atomic E-state index is -0.600. The largest absolute Gasteiger partial charge is 0.481 e. The van der Waals surface area contributed by atoms with Crippen molar-refractivity contribution in [1.82, 2.24) is 0 Å². The van der Waals surface area contributed by atoms with Crippen LogP contribution in [0.3, 0.4) is 0 Å². The molecule has 6 aliphatic rings. The molecule has 0 unspecified atom stereocenters. The van der Waals surface area contributed by atoms with Crippen LogP contribution in [-0.4, -0.2) is 67.3 Å². The Bertz CT molecular complexity index is 1150. The van der Waals surface area contributed by atoms with Crippen molar-refractivity contribution in [2.75, 3.05) is 38.4 Å². The second-order valence-electron chi connectivity index (χ2n) is 17.5. The molecule has 5 fully saturated rings. The van der Waals surface area contributed by atoms with E-state index in [4.69, 9.17) is 19.9 Å². The average molecular weight is 632 g/mol. The minimum absolute atomic E-state index is 0.0178. The van der Waals surface area contributed by atoms with Crippen molar-refractivity contribution in [1.29, 1.82) is 0 Å². The summed E-state index contributed by atoms with van der Waals surface area (Å²) in [4.78, 5) is 13.3. The molecule has 4 aliphatic carbocycles. The smallest absolute Gasteiger partial charge is 0.307 e. The maximum atomic E-state index is 13.3. The van der Waals surface area contributed by atoms with Crippen LogP contribution in [0.2, 0.25) is 0 Å². The molecule has 3 saturated carbocycles. The highest BCUT2D eigenvalue weighted by molar-refractivity contribution is 7.99. The third-order valence-corrected chi connectivity index (χ3v) is 16.4. The van der Waals surface area contributed by atoms with E-state index in [1.54, 1.807) is 5.57 Å². The van der Waals surface area contributed by atoms with Crippen LogP contribution in [0.5, 0.6) is 0 Å². The number of carboxylic acids is 1. The van der Waals surface area contributed by atoms with Crippen molar-refractivity contribution in [3.63, 3.8) is 0 Å². The van der Waals surface area contributed by atoms with Gasteiger partial charge in [-0.3, -0.25) is 4.79 Å². The number of carboxylic acid groups (broad SMARTS) is 1. The lowest BCUT2D eigenvalue weighted by molar-refractivity contribution is -0.269. The van der Waals surface area contributed by atoms with Gasteiger partial charge in [-0.1, -0.05) is 60.1 Å². The van der Waals surface area contributed by atoms with Gasteiger partial charge in [0, 0.05) is 23.5 Å². The molecule has 0 aromatic carbocycles. The molecule has 0 aromatic rings. The summed E-state index contributed by atoms with van der Waals surface area (Å²) < 4.78 is 19.9. The Morgan fingerprint density at radius 1 is 1.07 bits per heavy atom. The zero-order chi connectivity index (χ0) is 31.9. The third kappa shape index (κ3) is 4.58. The Kier molecular flexibility index (Phi) is 8.51. The Morgan fingerprint density at radius 3 is 2.41 bits per heavy atom. The van der Waals surface area contributed by atoms with Crippen molar-refractivity contribution < 1.29 is 24.1 Å². The second-order valence-corrected chi connectivity index (χ2v) is 18.8. The normalized spacial score (nSPS) is 48.9. The van der Waals surface area contributed by atoms with Gasteiger partial charge in [0.1, 0.15) is 0 Å². The van der Waals surface area contributed by atoms with E-state index in [1.807, 2.05) is 18.9 Å². The van der Waals surface area contributed by atoms with Gasteiger partial charge in [-0.05, 0) is 103 Å². The fourth-order valence-electron chi connectivity index (χ4n) is 12.3. The maximum Gasteiger partial charge on any atom is 0.307 e. The fraction of sp³-hybridized carbons (Fsp3) is 0.919. The quantitative estimate of drug-likeness (QED) is 0.287. The van der Waals surface area contributed by atoms with Crippen LogP contribution in [-0.2, 0) is 19.0 Å². The number of nitrogens with two attached hydrogens (primary N) is 1. The molecule has 250 valence electrons. The predicted octanol–water partition coefficient (Wildman–Crippen LogP) is 7.20. The third-order valence-electron chi connectivity index (χ3n) is 15.4. The molecule has 2 heterocycles. The highest BCUT2D eigenvalue weighted by atomic mass is 32.2. The lowest BCUT2D eigenvalue weighted by Crippen LogP contribution is -2.70. The molecule has 44 heavy (non-hydrogen) atoms. The van der Waals surface area contributed by atoms with E-state index in [9.17, 15) is 9.90 Å². The number of thioether (sulfide) groups is 1. The number of allylic oxidation sites excluding steroid dienone is 1. The number of carbonyl (C=O) groups is 1. The highest BCUT2D eigenvalue weighted by Crippen LogP contribution is 2.75. The molecule has 6 nitrogen and oxygen atoms in total. The van der Waals surface area contributed by atoms with Gasteiger partial charge in [0.05, 0.1) is 37.9 Å². The van der Waals surface area contributed by atoms with Crippen LogP contribution in [0, 0.1) is 56.7 Å². The predicted molar refractivity (Wildman–Crippen MR) is 178 cm³/mol. The maximum absolute atomic E-state index is 13.3. The Balaban J connectivity index is 1.36. The molecule has 0 spiro atoms. The average Bonchev–Trinajstić information content (AvgIpc) is 2.96. The summed E-state index contributed by atoms with van der Waals surface area (Å²) in [5, 5.41) is 11.0. The summed E-state index contributed by atoms with van der Waals surface area (Å²) in [6.45, 7) is 18.3. The summed E-state index contributed by atoms with van der Waals surface area (Å²) >= 11 is 1.99. The molecule has 2 saturated heterocycles. The summed E-state index contributed by atoms with van der Waals surface area (Å²) in [7, 11) is 1.86. The number of rotatable bonds is 7. The Morgan fingerprint density at radius 2 is 1.77 bits per heavy atom. The van der Waals surface area contributed by atoms with Crippen LogP contribution in [0.25, 0.3) is 0 Å². The van der Waals surface area contributed by atoms with E-state index in [1.165, 1.54) is 0 Å². The first-order valence-electron chi connectivity index (χ1n) is 17.6. The van der Waals surface area contributed by atoms with Crippen LogP contribution in [0.15, 0.2) is 11.6 Å². The minimum Gasteiger partial charge on any atom is -0.481 e.